The van der Waals surface area contributed by atoms with E-state index in [-0.39, 0.29) is 53.7 Å². The van der Waals surface area contributed by atoms with Gasteiger partial charge in [-0.2, -0.15) is 8.42 Å². The van der Waals surface area contributed by atoms with Crippen LogP contribution in [0.3, 0.4) is 0 Å². The number of aromatic amines is 3. The van der Waals surface area contributed by atoms with Crippen molar-refractivity contribution in [1.29, 1.82) is 0 Å². The molecular formula is C83H128ClN17O14S. The minimum Gasteiger partial charge on any atom is -0.444 e. The fraction of sp³-hybridized carbons (Fsp3) is 0.723. The van der Waals surface area contributed by atoms with E-state index in [1.807, 2.05) is 156 Å². The van der Waals surface area contributed by atoms with Gasteiger partial charge >= 0.3 is 30.5 Å². The van der Waals surface area contributed by atoms with Gasteiger partial charge in [-0.05, 0) is 252 Å². The summed E-state index contributed by atoms with van der Waals surface area (Å²) in [6.07, 6.45) is 19.6. The Morgan fingerprint density at radius 1 is 0.474 bits per heavy atom. The van der Waals surface area contributed by atoms with Crippen LogP contribution >= 0.6 is 11.6 Å². The summed E-state index contributed by atoms with van der Waals surface area (Å²) in [5.41, 5.74) is 0.455. The first-order chi connectivity index (χ1) is 54.1. The molecule has 16 rings (SSSR count). The number of nitrogens with one attached hydrogen (secondary N) is 4. The molecular weight excluding hydrogens is 1530 g/mol. The third kappa shape index (κ3) is 23.3. The van der Waals surface area contributed by atoms with E-state index in [1.165, 1.54) is 19.2 Å². The molecule has 5 saturated heterocycles. The zero-order valence-corrected chi connectivity index (χ0v) is 73.3. The summed E-state index contributed by atoms with van der Waals surface area (Å²) in [5, 5.41) is 16.3. The van der Waals surface area contributed by atoms with E-state index in [1.54, 1.807) is 28.7 Å². The lowest BCUT2D eigenvalue weighted by Gasteiger charge is -2.30. The topological polar surface area (TPSA) is 355 Å². The van der Waals surface area contributed by atoms with Crippen LogP contribution in [0.15, 0.2) is 55.8 Å². The molecule has 11 heterocycles. The molecule has 15 atom stereocenters. The van der Waals surface area contributed by atoms with Crippen LogP contribution in [0.5, 0.6) is 0 Å². The first kappa shape index (κ1) is 88.7. The fourth-order valence-corrected chi connectivity index (χ4v) is 19.6. The summed E-state index contributed by atoms with van der Waals surface area (Å²) >= 11 is 5.73. The predicted octanol–water partition coefficient (Wildman–Crippen LogP) is 13.2. The Labute approximate surface area is 689 Å². The Morgan fingerprint density at radius 3 is 1.16 bits per heavy atom. The average molecular weight is 1660 g/mol. The lowest BCUT2D eigenvalue weighted by Crippen LogP contribution is -2.38. The van der Waals surface area contributed by atoms with Gasteiger partial charge in [0.2, 0.25) is 0 Å². The lowest BCUT2D eigenvalue weighted by molar-refractivity contribution is 0.0260. The molecule has 5 N–H and O–H groups in total. The summed E-state index contributed by atoms with van der Waals surface area (Å²) < 4.78 is 54.5. The highest BCUT2D eigenvalue weighted by molar-refractivity contribution is 7.86. The number of nitrogens with zero attached hydrogens (tertiary/aromatic N) is 13. The molecule has 0 aromatic carbocycles. The van der Waals surface area contributed by atoms with Crippen LogP contribution in [-0.4, -0.2) is 265 Å². The Bertz CT molecular complexity index is 4440. The van der Waals surface area contributed by atoms with Crippen molar-refractivity contribution in [2.75, 3.05) is 103 Å². The van der Waals surface area contributed by atoms with Crippen molar-refractivity contribution in [3.8, 4) is 0 Å². The number of ether oxygens (including phenoxy) is 5. The van der Waals surface area contributed by atoms with E-state index in [9.17, 15) is 37.5 Å². The molecule has 642 valence electrons. The van der Waals surface area contributed by atoms with E-state index < -0.39 is 32.5 Å². The molecule has 0 spiro atoms. The maximum absolute atomic E-state index is 12.5. The first-order valence-corrected chi connectivity index (χ1v) is 43.4. The van der Waals surface area contributed by atoms with Crippen LogP contribution in [-0.2, 0) is 38.0 Å². The summed E-state index contributed by atoms with van der Waals surface area (Å²) in [4.78, 5) is 109. The highest BCUT2D eigenvalue weighted by atomic mass is 35.5. The van der Waals surface area contributed by atoms with Crippen LogP contribution < -0.4 is 15.1 Å². The standard InChI is InChI=1S/C20H29N5O2.C19H27N5O2.C13H24N2O2.C13H23NO5S.C12H21NO3.C6H4ClN3/c1-19(2,3)27-18(26)25-10-13-8-14(9-20(13,4)11-25)24(5)17-15-6-7-21-16(15)22-12-23-17;1-19(2,3)26-18(25)24-9-12-7-14(8-13(12)10-24)23(4)17-15-5-6-20-16(15)21-11-22-17;1-13(2,3)17-12(16)15-7-9-5-11(14-4)6-10(9)8-15;1-13(2,3)18-12(15)14-7-9-5-11(6-10(9)8-14)19-20(4,16)17;1-12(2,3)16-11(15)13-6-8-4-10(14)5-9(8)7-13;7-5-4-1-2-8-6(4)10-3-9-5/h6-7,12-14H,8-11H2,1-5H3,(H,21,22,23);5-6,11-14H,7-10H2,1-4H3,(H,20,21,22);9-11,14H,5-8H2,1-4H3;9-11H,5-8H2,1-4H3;8-10,14H,4-7H2,1-3H3;1-3H,(H,8,9,10)/t13-,14+,20+;12-,13+,14?;2*9-,10+,11?;8-,9+,10?;/m1...../s1. The number of hydrogen-bond donors (Lipinski definition) is 5. The average Bonchev–Trinajstić information content (AvgIpc) is 1.60. The molecule has 33 heteroatoms. The predicted molar refractivity (Wildman–Crippen MR) is 444 cm³/mol. The quantitative estimate of drug-likeness (QED) is 0.0563. The number of carbonyl (C=O) groups excluding carboxylic acids is 5. The highest BCUT2D eigenvalue weighted by Gasteiger charge is 2.54. The van der Waals surface area contributed by atoms with Gasteiger partial charge in [0.1, 0.15) is 80.7 Å². The zero-order valence-electron chi connectivity index (χ0n) is 71.8. The SMILES string of the molecule is CC(C)(C)OC(=O)N1C[C@H]2CC(O)C[C@H]2C1.CC(C)(C)OC(=O)N1C[C@H]2CC(OS(C)(=O)=O)C[C@H]2C1.CN(c1ncnc2[nH]ccc12)C1C[C@@H]2CN(C(=O)OC(C)(C)C)C[C@@H]2C1.CN(c1ncnc2[nH]ccc12)[C@H]1C[C@@H]2CN(C(=O)OC(C)(C)C)C[C@]2(C)C1.CNC1C[C@@H]2CN(C(=O)OC(C)(C)C)C[C@@H]2C1.Clc1ncnc2[nH]ccc12. The summed E-state index contributed by atoms with van der Waals surface area (Å²) in [6, 6.07) is 7.40. The number of aliphatic hydroxyl groups excluding tert-OH is 1. The second-order valence-electron chi connectivity index (χ2n) is 39.0. The van der Waals surface area contributed by atoms with Gasteiger partial charge in [-0.15, -0.1) is 0 Å². The molecule has 10 fully saturated rings. The largest absolute Gasteiger partial charge is 0.444 e. The number of anilines is 2. The second-order valence-corrected chi connectivity index (χ2v) is 41.0. The van der Waals surface area contributed by atoms with Crippen LogP contribution in [0, 0.1) is 58.7 Å². The smallest absolute Gasteiger partial charge is 0.410 e. The Hall–Kier alpha value is -8.07. The number of halogens is 1. The second kappa shape index (κ2) is 35.5. The zero-order chi connectivity index (χ0) is 84.5. The Kier molecular flexibility index (Phi) is 27.1. The molecule has 31 nitrogen and oxygen atoms in total. The normalized spacial score (nSPS) is 27.8. The maximum Gasteiger partial charge on any atom is 0.410 e. The number of aliphatic hydroxyl groups is 1. The Balaban J connectivity index is 0.000000140. The molecule has 5 aliphatic carbocycles. The van der Waals surface area contributed by atoms with Crippen LogP contribution in [0.25, 0.3) is 33.1 Å². The van der Waals surface area contributed by atoms with Crippen molar-refractivity contribution >= 4 is 96.9 Å². The van der Waals surface area contributed by atoms with Crippen LogP contribution in [0.4, 0.5) is 35.6 Å². The van der Waals surface area contributed by atoms with Crippen LogP contribution in [0.2, 0.25) is 5.15 Å². The fourth-order valence-electron chi connectivity index (χ4n) is 18.7. The summed E-state index contributed by atoms with van der Waals surface area (Å²) in [7, 11) is 2.87. The number of hydrogen-bond acceptors (Lipinski definition) is 23. The van der Waals surface area contributed by atoms with Crippen LogP contribution in [0.1, 0.15) is 175 Å². The monoisotopic (exact) mass is 1650 g/mol. The van der Waals surface area contributed by atoms with Gasteiger partial charge in [0.15, 0.2) is 0 Å². The molecule has 5 aliphatic heterocycles. The summed E-state index contributed by atoms with van der Waals surface area (Å²) in [5.74, 6) is 6.43. The van der Waals surface area contributed by atoms with Crippen molar-refractivity contribution in [2.24, 2.45) is 58.7 Å². The van der Waals surface area contributed by atoms with E-state index in [4.69, 9.17) is 39.5 Å². The van der Waals surface area contributed by atoms with E-state index >= 15 is 0 Å². The number of rotatable bonds is 7. The van der Waals surface area contributed by atoms with E-state index in [0.29, 0.717) is 102 Å². The molecule has 5 saturated carbocycles. The maximum atomic E-state index is 12.5. The van der Waals surface area contributed by atoms with Crippen molar-refractivity contribution in [3.05, 3.63) is 60.9 Å². The molecule has 5 amide bonds. The third-order valence-electron chi connectivity index (χ3n) is 23.9. The minimum absolute atomic E-state index is 0.125. The highest BCUT2D eigenvalue weighted by Crippen LogP contribution is 2.51. The van der Waals surface area contributed by atoms with Crippen molar-refractivity contribution in [3.63, 3.8) is 0 Å². The molecule has 0 bridgehead atoms. The van der Waals surface area contributed by atoms with Crippen molar-refractivity contribution < 1.29 is 65.4 Å². The number of carbonyl (C=O) groups is 5. The van der Waals surface area contributed by atoms with Gasteiger partial charge in [0.05, 0.1) is 34.6 Å². The molecule has 0 radical (unpaired) electrons. The number of fused-ring (bicyclic) bond motifs is 8. The van der Waals surface area contributed by atoms with E-state index in [2.05, 4.69) is 81.0 Å². The number of aromatic nitrogens is 9. The molecule has 6 aromatic heterocycles. The number of amides is 5. The van der Waals surface area contributed by atoms with Crippen molar-refractivity contribution in [1.82, 2.24) is 74.7 Å². The molecule has 6 aromatic rings. The van der Waals surface area contributed by atoms with Crippen molar-refractivity contribution in [2.45, 2.75) is 233 Å². The van der Waals surface area contributed by atoms with Gasteiger partial charge in [-0.3, -0.25) is 4.18 Å². The van der Waals surface area contributed by atoms with Gasteiger partial charge < -0.3 is 83.4 Å². The van der Waals surface area contributed by atoms with Gasteiger partial charge in [-0.1, -0.05) is 18.5 Å². The number of H-pyrrole nitrogens is 3. The first-order valence-electron chi connectivity index (χ1n) is 41.2. The van der Waals surface area contributed by atoms with Gasteiger partial charge in [0.25, 0.3) is 10.1 Å². The van der Waals surface area contributed by atoms with E-state index in [0.717, 1.165) is 142 Å². The van der Waals surface area contributed by atoms with Gasteiger partial charge in [-0.25, -0.2) is 53.9 Å². The number of likely N-dealkylation sites (tertiary alicyclic amines) is 5. The molecule has 116 heavy (non-hydrogen) atoms. The third-order valence-corrected chi connectivity index (χ3v) is 24.8. The molecule has 10 aliphatic rings. The Morgan fingerprint density at radius 2 is 0.802 bits per heavy atom. The lowest BCUT2D eigenvalue weighted by atomic mass is 9.83. The molecule has 4 unspecified atom stereocenters. The summed E-state index contributed by atoms with van der Waals surface area (Å²) in [6.45, 7) is 38.3. The minimum atomic E-state index is -3.40. The van der Waals surface area contributed by atoms with Gasteiger partial charge in [0, 0.05) is 116 Å².